The van der Waals surface area contributed by atoms with Gasteiger partial charge in [0.2, 0.25) is 0 Å². The molecule has 1 aromatic carbocycles. The van der Waals surface area contributed by atoms with Crippen LogP contribution in [0.2, 0.25) is 5.02 Å². The van der Waals surface area contributed by atoms with Crippen LogP contribution in [-0.2, 0) is 18.6 Å². The molecule has 26 heavy (non-hydrogen) atoms. The zero-order chi connectivity index (χ0) is 18.1. The number of halogens is 1. The minimum absolute atomic E-state index is 0.404. The second kappa shape index (κ2) is 7.75. The predicted octanol–water partition coefficient (Wildman–Crippen LogP) is 6.34. The Kier molecular flexibility index (Phi) is 5.39. The summed E-state index contributed by atoms with van der Waals surface area (Å²) < 4.78 is 0. The van der Waals surface area contributed by atoms with Crippen LogP contribution in [-0.4, -0.2) is 16.0 Å². The van der Waals surface area contributed by atoms with Crippen LogP contribution in [0.25, 0.3) is 10.2 Å². The number of benzene rings is 1. The van der Waals surface area contributed by atoms with E-state index < -0.39 is 0 Å². The number of hydrogen-bond donors (Lipinski definition) is 1. The van der Waals surface area contributed by atoms with Gasteiger partial charge in [0, 0.05) is 20.8 Å². The van der Waals surface area contributed by atoms with E-state index in [0.29, 0.717) is 6.04 Å². The molecular weight excluding hydrogens is 382 g/mol. The molecule has 0 saturated carbocycles. The first-order valence-corrected chi connectivity index (χ1v) is 11.3. The summed E-state index contributed by atoms with van der Waals surface area (Å²) in [6.45, 7) is 4.41. The van der Waals surface area contributed by atoms with Gasteiger partial charge in [0.1, 0.15) is 16.5 Å². The summed E-state index contributed by atoms with van der Waals surface area (Å²) >= 11 is 9.58. The highest BCUT2D eigenvalue weighted by atomic mass is 35.5. The molecule has 4 rings (SSSR count). The summed E-state index contributed by atoms with van der Waals surface area (Å²) in [5.74, 6) is 2.67. The van der Waals surface area contributed by atoms with Crippen molar-refractivity contribution in [2.45, 2.75) is 56.2 Å². The molecule has 1 N–H and O–H groups in total. The second-order valence-electron chi connectivity index (χ2n) is 6.72. The van der Waals surface area contributed by atoms with Crippen molar-refractivity contribution in [2.24, 2.45) is 0 Å². The number of hydrogen-bond acceptors (Lipinski definition) is 5. The van der Waals surface area contributed by atoms with Crippen molar-refractivity contribution in [3.8, 4) is 0 Å². The van der Waals surface area contributed by atoms with Gasteiger partial charge in [-0.15, -0.1) is 23.1 Å². The van der Waals surface area contributed by atoms with E-state index in [1.807, 2.05) is 35.6 Å². The fourth-order valence-corrected chi connectivity index (χ4v) is 5.38. The lowest BCUT2D eigenvalue weighted by Crippen LogP contribution is -2.15. The van der Waals surface area contributed by atoms with Gasteiger partial charge in [-0.3, -0.25) is 0 Å². The normalized spacial score (nSPS) is 14.6. The summed E-state index contributed by atoms with van der Waals surface area (Å²) in [4.78, 5) is 13.6. The number of anilines is 1. The van der Waals surface area contributed by atoms with Gasteiger partial charge in [-0.25, -0.2) is 9.97 Å². The summed E-state index contributed by atoms with van der Waals surface area (Å²) in [6, 6.07) is 8.34. The maximum absolute atomic E-state index is 5.97. The molecule has 0 bridgehead atoms. The molecule has 6 heteroatoms. The van der Waals surface area contributed by atoms with Crippen LogP contribution in [0.1, 0.15) is 43.0 Å². The fraction of sp³-hybridized carbons (Fsp3) is 0.400. The molecule has 2 heterocycles. The first kappa shape index (κ1) is 18.1. The average Bonchev–Trinajstić information content (AvgIpc) is 3.21. The lowest BCUT2D eigenvalue weighted by molar-refractivity contribution is 0.759. The Morgan fingerprint density at radius 1 is 1.23 bits per heavy atom. The molecule has 0 saturated heterocycles. The van der Waals surface area contributed by atoms with Crippen molar-refractivity contribution in [3.63, 3.8) is 0 Å². The van der Waals surface area contributed by atoms with E-state index in [1.165, 1.54) is 33.6 Å². The first-order chi connectivity index (χ1) is 12.6. The van der Waals surface area contributed by atoms with Gasteiger partial charge in [0.05, 0.1) is 11.1 Å². The quantitative estimate of drug-likeness (QED) is 0.487. The topological polar surface area (TPSA) is 37.8 Å². The summed E-state index contributed by atoms with van der Waals surface area (Å²) in [7, 11) is 0. The van der Waals surface area contributed by atoms with E-state index in [9.17, 15) is 0 Å². The zero-order valence-electron chi connectivity index (χ0n) is 15.0. The predicted molar refractivity (Wildman–Crippen MR) is 114 cm³/mol. The lowest BCUT2D eigenvalue weighted by atomic mass is 10.1. The third kappa shape index (κ3) is 3.71. The number of nitrogens with one attached hydrogen (secondary N) is 1. The number of nitrogens with zero attached hydrogens (tertiary/aromatic N) is 2. The van der Waals surface area contributed by atoms with E-state index in [-0.39, 0.29) is 0 Å². The van der Waals surface area contributed by atoms with Gasteiger partial charge in [0.25, 0.3) is 0 Å². The largest absolute Gasteiger partial charge is 0.367 e. The molecule has 136 valence electrons. The Bertz CT molecular complexity index is 921. The van der Waals surface area contributed by atoms with Gasteiger partial charge in [-0.1, -0.05) is 18.5 Å². The van der Waals surface area contributed by atoms with Crippen molar-refractivity contribution in [2.75, 3.05) is 5.32 Å². The molecular formula is C20H22ClN3S2. The minimum atomic E-state index is 0.404. The molecule has 0 fully saturated rings. The zero-order valence-corrected chi connectivity index (χ0v) is 17.4. The van der Waals surface area contributed by atoms with E-state index in [2.05, 4.69) is 19.2 Å². The van der Waals surface area contributed by atoms with E-state index in [4.69, 9.17) is 21.6 Å². The first-order valence-electron chi connectivity index (χ1n) is 9.10. The second-order valence-corrected chi connectivity index (χ2v) is 9.29. The van der Waals surface area contributed by atoms with Crippen molar-refractivity contribution >= 4 is 50.7 Å². The highest BCUT2D eigenvalue weighted by Crippen LogP contribution is 2.40. The number of aryl methyl sites for hydroxylation is 2. The van der Waals surface area contributed by atoms with Gasteiger partial charge in [-0.05, 0) is 62.4 Å². The highest BCUT2D eigenvalue weighted by molar-refractivity contribution is 7.98. The number of thioether (sulfide) groups is 1. The molecule has 3 aromatic rings. The smallest absolute Gasteiger partial charge is 0.142 e. The van der Waals surface area contributed by atoms with Crippen molar-refractivity contribution < 1.29 is 0 Å². The van der Waals surface area contributed by atoms with Crippen molar-refractivity contribution in [1.29, 1.82) is 0 Å². The van der Waals surface area contributed by atoms with Crippen LogP contribution in [0.4, 0.5) is 5.82 Å². The fourth-order valence-electron chi connectivity index (χ4n) is 3.22. The average molecular weight is 404 g/mol. The number of fused-ring (bicyclic) bond motifs is 3. The molecule has 2 aromatic heterocycles. The molecule has 0 radical (unpaired) electrons. The van der Waals surface area contributed by atoms with E-state index in [0.717, 1.165) is 40.1 Å². The third-order valence-electron chi connectivity index (χ3n) is 4.79. The van der Waals surface area contributed by atoms with Gasteiger partial charge in [0.15, 0.2) is 0 Å². The third-order valence-corrected chi connectivity index (χ3v) is 7.23. The molecule has 1 aliphatic rings. The molecule has 3 nitrogen and oxygen atoms in total. The standard InChI is InChI=1S/C20H22ClN3S2/c1-3-12(2)22-19-18-15-5-4-6-16(15)26-20(18)24-17(23-19)11-25-14-9-7-13(21)8-10-14/h7-10,12H,3-6,11H2,1-2H3,(H,22,23,24). The van der Waals surface area contributed by atoms with E-state index >= 15 is 0 Å². The summed E-state index contributed by atoms with van der Waals surface area (Å²) in [6.07, 6.45) is 4.68. The van der Waals surface area contributed by atoms with Crippen molar-refractivity contribution in [1.82, 2.24) is 9.97 Å². The van der Waals surface area contributed by atoms with E-state index in [1.54, 1.807) is 11.8 Å². The van der Waals surface area contributed by atoms with Gasteiger partial charge < -0.3 is 5.32 Å². The van der Waals surface area contributed by atoms with Crippen LogP contribution in [0.3, 0.4) is 0 Å². The Balaban J connectivity index is 1.65. The summed E-state index contributed by atoms with van der Waals surface area (Å²) in [5.41, 5.74) is 1.48. The SMILES string of the molecule is CCC(C)Nc1nc(CSc2ccc(Cl)cc2)nc2sc3c(c12)CCC3. The summed E-state index contributed by atoms with van der Waals surface area (Å²) in [5, 5.41) is 5.66. The van der Waals surface area contributed by atoms with Crippen LogP contribution < -0.4 is 5.32 Å². The highest BCUT2D eigenvalue weighted by Gasteiger charge is 2.22. The Morgan fingerprint density at radius 2 is 2.04 bits per heavy atom. The molecule has 1 atom stereocenters. The monoisotopic (exact) mass is 403 g/mol. The van der Waals surface area contributed by atoms with Gasteiger partial charge >= 0.3 is 0 Å². The van der Waals surface area contributed by atoms with Crippen LogP contribution in [0, 0.1) is 0 Å². The number of thiophene rings is 1. The number of aromatic nitrogens is 2. The number of rotatable bonds is 6. The molecule has 0 spiro atoms. The Morgan fingerprint density at radius 3 is 2.81 bits per heavy atom. The minimum Gasteiger partial charge on any atom is -0.367 e. The lowest BCUT2D eigenvalue weighted by Gasteiger charge is -2.14. The van der Waals surface area contributed by atoms with Crippen LogP contribution in [0.15, 0.2) is 29.2 Å². The molecule has 0 aliphatic heterocycles. The van der Waals surface area contributed by atoms with Crippen LogP contribution >= 0.6 is 34.7 Å². The van der Waals surface area contributed by atoms with Crippen molar-refractivity contribution in [3.05, 3.63) is 45.6 Å². The Hall–Kier alpha value is -1.30. The maximum atomic E-state index is 5.97. The Labute approximate surface area is 167 Å². The van der Waals surface area contributed by atoms with Crippen LogP contribution in [0.5, 0.6) is 0 Å². The van der Waals surface area contributed by atoms with Gasteiger partial charge in [-0.2, -0.15) is 0 Å². The maximum Gasteiger partial charge on any atom is 0.142 e. The molecule has 1 unspecified atom stereocenters. The molecule has 0 amide bonds. The molecule has 1 aliphatic carbocycles.